The third-order valence-electron chi connectivity index (χ3n) is 3.36. The number of rotatable bonds is 8. The van der Waals surface area contributed by atoms with E-state index in [-0.39, 0.29) is 12.1 Å². The van der Waals surface area contributed by atoms with E-state index in [1.54, 1.807) is 24.3 Å². The van der Waals surface area contributed by atoms with Crippen molar-refractivity contribution in [3.8, 4) is 0 Å². The van der Waals surface area contributed by atoms with Gasteiger partial charge >= 0.3 is 5.97 Å². The van der Waals surface area contributed by atoms with Crippen LogP contribution in [0.2, 0.25) is 5.02 Å². The quantitative estimate of drug-likeness (QED) is 0.646. The average molecular weight is 333 g/mol. The van der Waals surface area contributed by atoms with Crippen molar-refractivity contribution in [2.24, 2.45) is 0 Å². The largest absolute Gasteiger partial charge is 0.456 e. The molecule has 2 aromatic carbocycles. The summed E-state index contributed by atoms with van der Waals surface area (Å²) in [6.45, 7) is 2.95. The van der Waals surface area contributed by atoms with Crippen LogP contribution in [0.1, 0.15) is 35.7 Å². The van der Waals surface area contributed by atoms with Gasteiger partial charge in [-0.2, -0.15) is 0 Å². The molecule has 0 bridgehead atoms. The SMILES string of the molecule is CCCC(COCc1ccccc1)OC(=O)c1cccc(Cl)c1. The molecule has 0 amide bonds. The first-order valence-electron chi connectivity index (χ1n) is 7.77. The predicted octanol–water partition coefficient (Wildman–Crippen LogP) is 4.88. The Bertz CT molecular complexity index is 613. The predicted molar refractivity (Wildman–Crippen MR) is 91.7 cm³/mol. The summed E-state index contributed by atoms with van der Waals surface area (Å²) in [5, 5.41) is 0.520. The number of carbonyl (C=O) groups is 1. The molecule has 0 fully saturated rings. The first-order chi connectivity index (χ1) is 11.2. The van der Waals surface area contributed by atoms with Gasteiger partial charge in [0, 0.05) is 5.02 Å². The van der Waals surface area contributed by atoms with Gasteiger partial charge in [0.25, 0.3) is 0 Å². The van der Waals surface area contributed by atoms with Gasteiger partial charge in [-0.25, -0.2) is 4.79 Å². The Kier molecular flexibility index (Phi) is 7.11. The second kappa shape index (κ2) is 9.33. The molecule has 0 saturated carbocycles. The first kappa shape index (κ1) is 17.5. The van der Waals surface area contributed by atoms with Crippen molar-refractivity contribution in [2.45, 2.75) is 32.5 Å². The molecule has 0 spiro atoms. The molecular weight excluding hydrogens is 312 g/mol. The Labute approximate surface area is 142 Å². The summed E-state index contributed by atoms with van der Waals surface area (Å²) in [6, 6.07) is 16.7. The fourth-order valence-electron chi connectivity index (χ4n) is 2.22. The van der Waals surface area contributed by atoms with Crippen LogP contribution in [0.15, 0.2) is 54.6 Å². The normalized spacial score (nSPS) is 11.9. The number of halogens is 1. The van der Waals surface area contributed by atoms with Crippen molar-refractivity contribution in [2.75, 3.05) is 6.61 Å². The monoisotopic (exact) mass is 332 g/mol. The van der Waals surface area contributed by atoms with Crippen molar-refractivity contribution >= 4 is 17.6 Å². The summed E-state index contributed by atoms with van der Waals surface area (Å²) in [4.78, 5) is 12.2. The van der Waals surface area contributed by atoms with Crippen LogP contribution in [0, 0.1) is 0 Å². The van der Waals surface area contributed by atoms with Crippen molar-refractivity contribution < 1.29 is 14.3 Å². The molecule has 1 unspecified atom stereocenters. The van der Waals surface area contributed by atoms with E-state index in [4.69, 9.17) is 21.1 Å². The maximum Gasteiger partial charge on any atom is 0.338 e. The minimum absolute atomic E-state index is 0.254. The smallest absolute Gasteiger partial charge is 0.338 e. The zero-order valence-corrected chi connectivity index (χ0v) is 14.0. The second-order valence-corrected chi connectivity index (χ2v) is 5.76. The summed E-state index contributed by atoms with van der Waals surface area (Å²) in [5.74, 6) is -0.366. The van der Waals surface area contributed by atoms with E-state index in [0.717, 1.165) is 18.4 Å². The Hall–Kier alpha value is -1.84. The first-order valence-corrected chi connectivity index (χ1v) is 8.15. The van der Waals surface area contributed by atoms with E-state index in [9.17, 15) is 4.79 Å². The van der Waals surface area contributed by atoms with Gasteiger partial charge < -0.3 is 9.47 Å². The minimum Gasteiger partial charge on any atom is -0.456 e. The molecule has 0 aliphatic rings. The highest BCUT2D eigenvalue weighted by Crippen LogP contribution is 2.14. The molecule has 0 saturated heterocycles. The zero-order valence-electron chi connectivity index (χ0n) is 13.2. The molecule has 122 valence electrons. The molecule has 3 nitrogen and oxygen atoms in total. The van der Waals surface area contributed by atoms with Gasteiger partial charge in [-0.15, -0.1) is 0 Å². The van der Waals surface area contributed by atoms with E-state index in [1.165, 1.54) is 0 Å². The molecule has 0 aliphatic carbocycles. The van der Waals surface area contributed by atoms with E-state index >= 15 is 0 Å². The third-order valence-corrected chi connectivity index (χ3v) is 3.60. The van der Waals surface area contributed by atoms with Crippen LogP contribution in [0.5, 0.6) is 0 Å². The average Bonchev–Trinajstić information content (AvgIpc) is 2.56. The number of ether oxygens (including phenoxy) is 2. The molecule has 2 aromatic rings. The van der Waals surface area contributed by atoms with Crippen LogP contribution in [0.4, 0.5) is 0 Å². The van der Waals surface area contributed by atoms with Crippen LogP contribution >= 0.6 is 11.6 Å². The highest BCUT2D eigenvalue weighted by atomic mass is 35.5. The maximum absolute atomic E-state index is 12.2. The second-order valence-electron chi connectivity index (χ2n) is 5.33. The van der Waals surface area contributed by atoms with Gasteiger partial charge in [-0.05, 0) is 30.2 Å². The van der Waals surface area contributed by atoms with Crippen molar-refractivity contribution in [1.82, 2.24) is 0 Å². The lowest BCUT2D eigenvalue weighted by atomic mass is 10.2. The van der Waals surface area contributed by atoms with Crippen LogP contribution < -0.4 is 0 Å². The lowest BCUT2D eigenvalue weighted by Gasteiger charge is -2.17. The van der Waals surface area contributed by atoms with Crippen LogP contribution in [-0.4, -0.2) is 18.7 Å². The molecule has 4 heteroatoms. The lowest BCUT2D eigenvalue weighted by Crippen LogP contribution is -2.23. The molecule has 0 radical (unpaired) electrons. The van der Waals surface area contributed by atoms with Gasteiger partial charge in [-0.1, -0.05) is 61.3 Å². The van der Waals surface area contributed by atoms with E-state index in [2.05, 4.69) is 6.92 Å². The highest BCUT2D eigenvalue weighted by molar-refractivity contribution is 6.30. The molecule has 0 N–H and O–H groups in total. The van der Waals surface area contributed by atoms with E-state index in [1.807, 2.05) is 30.3 Å². The van der Waals surface area contributed by atoms with Crippen LogP contribution in [0.25, 0.3) is 0 Å². The molecular formula is C19H21ClO3. The minimum atomic E-state index is -0.366. The van der Waals surface area contributed by atoms with Crippen molar-refractivity contribution in [1.29, 1.82) is 0 Å². The Morgan fingerprint density at radius 2 is 1.91 bits per heavy atom. The Morgan fingerprint density at radius 3 is 2.61 bits per heavy atom. The van der Waals surface area contributed by atoms with Gasteiger partial charge in [0.2, 0.25) is 0 Å². The van der Waals surface area contributed by atoms with Gasteiger partial charge in [-0.3, -0.25) is 0 Å². The zero-order chi connectivity index (χ0) is 16.5. The number of esters is 1. The maximum atomic E-state index is 12.2. The summed E-state index contributed by atoms with van der Waals surface area (Å²) < 4.78 is 11.2. The fourth-order valence-corrected chi connectivity index (χ4v) is 2.41. The van der Waals surface area contributed by atoms with E-state index < -0.39 is 0 Å². The molecule has 23 heavy (non-hydrogen) atoms. The lowest BCUT2D eigenvalue weighted by molar-refractivity contribution is -0.0111. The third kappa shape index (κ3) is 6.05. The van der Waals surface area contributed by atoms with Crippen LogP contribution in [0.3, 0.4) is 0 Å². The van der Waals surface area contributed by atoms with E-state index in [0.29, 0.717) is 23.8 Å². The van der Waals surface area contributed by atoms with Gasteiger partial charge in [0.15, 0.2) is 0 Å². The fraction of sp³-hybridized carbons (Fsp3) is 0.316. The molecule has 1 atom stereocenters. The summed E-state index contributed by atoms with van der Waals surface area (Å²) in [7, 11) is 0. The number of benzene rings is 2. The van der Waals surface area contributed by atoms with Crippen molar-refractivity contribution in [3.05, 3.63) is 70.7 Å². The van der Waals surface area contributed by atoms with Crippen molar-refractivity contribution in [3.63, 3.8) is 0 Å². The number of hydrogen-bond donors (Lipinski definition) is 0. The molecule has 2 rings (SSSR count). The summed E-state index contributed by atoms with van der Waals surface area (Å²) >= 11 is 5.91. The molecule has 0 heterocycles. The Balaban J connectivity index is 1.86. The molecule has 0 aromatic heterocycles. The number of carbonyl (C=O) groups excluding carboxylic acids is 1. The standard InChI is InChI=1S/C19H21ClO3/c1-2-7-18(14-22-13-15-8-4-3-5-9-15)23-19(21)16-10-6-11-17(20)12-16/h3-6,8-12,18H,2,7,13-14H2,1H3. The molecule has 0 aliphatic heterocycles. The Morgan fingerprint density at radius 1 is 1.13 bits per heavy atom. The van der Waals surface area contributed by atoms with Crippen LogP contribution in [-0.2, 0) is 16.1 Å². The summed E-state index contributed by atoms with van der Waals surface area (Å²) in [5.41, 5.74) is 1.56. The highest BCUT2D eigenvalue weighted by Gasteiger charge is 2.16. The van der Waals surface area contributed by atoms with Gasteiger partial charge in [0.1, 0.15) is 6.10 Å². The topological polar surface area (TPSA) is 35.5 Å². The summed E-state index contributed by atoms with van der Waals surface area (Å²) in [6.07, 6.45) is 1.43. The number of hydrogen-bond acceptors (Lipinski definition) is 3. The van der Waals surface area contributed by atoms with Gasteiger partial charge in [0.05, 0.1) is 18.8 Å².